The molecule has 142 valence electrons. The molecule has 0 aliphatic carbocycles. The Morgan fingerprint density at radius 1 is 1.00 bits per heavy atom. The predicted octanol–water partition coefficient (Wildman–Crippen LogP) is 5.53. The van der Waals surface area contributed by atoms with Gasteiger partial charge in [0.05, 0.1) is 17.8 Å². The number of amides is 2. The number of alkyl halides is 3. The maximum atomic E-state index is 13.3. The van der Waals surface area contributed by atoms with Crippen LogP contribution in [0.2, 0.25) is 0 Å². The number of urea groups is 1. The summed E-state index contributed by atoms with van der Waals surface area (Å²) in [6.07, 6.45) is -2.58. The summed E-state index contributed by atoms with van der Waals surface area (Å²) in [6.45, 7) is 1.58. The average molecular weight is 392 g/mol. The van der Waals surface area contributed by atoms with Gasteiger partial charge in [0.15, 0.2) is 0 Å². The Bertz CT molecular complexity index is 863. The molecule has 27 heavy (non-hydrogen) atoms. The van der Waals surface area contributed by atoms with Gasteiger partial charge in [0, 0.05) is 23.7 Å². The van der Waals surface area contributed by atoms with Crippen LogP contribution in [0.25, 0.3) is 0 Å². The van der Waals surface area contributed by atoms with E-state index in [2.05, 4.69) is 0 Å². The fourth-order valence-electron chi connectivity index (χ4n) is 3.54. The number of hydrogen-bond donors (Lipinski definition) is 0. The quantitative estimate of drug-likeness (QED) is 0.588. The monoisotopic (exact) mass is 392 g/mol. The number of anilines is 1. The number of rotatable bonds is 0. The van der Waals surface area contributed by atoms with Crippen LogP contribution in [0.5, 0.6) is 0 Å². The topological polar surface area (TPSA) is 23.6 Å². The van der Waals surface area contributed by atoms with E-state index in [-0.39, 0.29) is 12.6 Å². The summed E-state index contributed by atoms with van der Waals surface area (Å²) in [6, 6.07) is 11.3. The van der Waals surface area contributed by atoms with E-state index in [1.807, 2.05) is 24.3 Å². The number of carbonyl (C=O) groups excluding carboxylic acids is 1. The number of likely N-dealkylation sites (tertiary alicyclic amines) is 1. The van der Waals surface area contributed by atoms with Crippen molar-refractivity contribution < 1.29 is 18.0 Å². The van der Waals surface area contributed by atoms with Crippen LogP contribution in [-0.2, 0) is 18.5 Å². The minimum Gasteiger partial charge on any atom is -0.324 e. The predicted molar refractivity (Wildman–Crippen MR) is 99.8 cm³/mol. The number of benzene rings is 2. The summed E-state index contributed by atoms with van der Waals surface area (Å²) in [7, 11) is 0. The lowest BCUT2D eigenvalue weighted by Crippen LogP contribution is -2.42. The van der Waals surface area contributed by atoms with Gasteiger partial charge < -0.3 is 4.90 Å². The standard InChI is InChI=1S/C20H19F3N2OS/c21-20(22,23)16-7-8-18-17(11-16)25(19(26)24-9-3-4-10-24)12-14-5-1-2-6-15(14)13-27-18/h1-2,5-8,11H,3-4,9-10,12-13H2. The molecule has 1 saturated heterocycles. The largest absolute Gasteiger partial charge is 0.416 e. The molecule has 2 aromatic rings. The van der Waals surface area contributed by atoms with Gasteiger partial charge in [-0.1, -0.05) is 24.3 Å². The van der Waals surface area contributed by atoms with Crippen molar-refractivity contribution in [1.29, 1.82) is 0 Å². The molecule has 0 spiro atoms. The number of fused-ring (bicyclic) bond motifs is 2. The molecule has 2 aliphatic rings. The van der Waals surface area contributed by atoms with Crippen molar-refractivity contribution in [1.82, 2.24) is 4.90 Å². The lowest BCUT2D eigenvalue weighted by Gasteiger charge is -2.32. The van der Waals surface area contributed by atoms with E-state index in [0.29, 0.717) is 29.4 Å². The highest BCUT2D eigenvalue weighted by Crippen LogP contribution is 2.41. The first kappa shape index (κ1) is 18.2. The number of carbonyl (C=O) groups is 1. The number of hydrogen-bond acceptors (Lipinski definition) is 2. The zero-order valence-corrected chi connectivity index (χ0v) is 15.4. The number of thioether (sulfide) groups is 1. The highest BCUT2D eigenvalue weighted by Gasteiger charge is 2.34. The van der Waals surface area contributed by atoms with Crippen LogP contribution in [0.4, 0.5) is 23.7 Å². The van der Waals surface area contributed by atoms with Gasteiger partial charge in [0.25, 0.3) is 0 Å². The van der Waals surface area contributed by atoms with E-state index in [4.69, 9.17) is 0 Å². The van der Waals surface area contributed by atoms with Crippen molar-refractivity contribution in [2.75, 3.05) is 18.0 Å². The molecule has 0 aromatic heterocycles. The molecule has 0 atom stereocenters. The minimum absolute atomic E-state index is 0.217. The number of halogens is 3. The maximum absolute atomic E-state index is 13.3. The Morgan fingerprint density at radius 3 is 2.41 bits per heavy atom. The summed E-state index contributed by atoms with van der Waals surface area (Å²) in [5.74, 6) is 0.667. The lowest BCUT2D eigenvalue weighted by atomic mass is 10.1. The smallest absolute Gasteiger partial charge is 0.324 e. The van der Waals surface area contributed by atoms with Gasteiger partial charge in [0.1, 0.15) is 0 Å². The first-order valence-electron chi connectivity index (χ1n) is 8.91. The van der Waals surface area contributed by atoms with E-state index in [1.54, 1.807) is 4.90 Å². The third kappa shape index (κ3) is 3.65. The van der Waals surface area contributed by atoms with Crippen molar-refractivity contribution >= 4 is 23.5 Å². The van der Waals surface area contributed by atoms with Crippen LogP contribution < -0.4 is 4.90 Å². The molecule has 2 aromatic carbocycles. The van der Waals surface area contributed by atoms with Gasteiger partial charge >= 0.3 is 12.2 Å². The van der Waals surface area contributed by atoms with Crippen LogP contribution in [0, 0.1) is 0 Å². The van der Waals surface area contributed by atoms with Crippen molar-refractivity contribution in [3.05, 3.63) is 59.2 Å². The second-order valence-corrected chi connectivity index (χ2v) is 7.82. The van der Waals surface area contributed by atoms with Gasteiger partial charge in [-0.3, -0.25) is 4.90 Å². The third-order valence-corrected chi connectivity index (χ3v) is 6.13. The molecule has 7 heteroatoms. The zero-order chi connectivity index (χ0) is 19.0. The lowest BCUT2D eigenvalue weighted by molar-refractivity contribution is -0.137. The average Bonchev–Trinajstić information content (AvgIpc) is 3.17. The Hall–Kier alpha value is -2.15. The van der Waals surface area contributed by atoms with Crippen LogP contribution >= 0.6 is 11.8 Å². The van der Waals surface area contributed by atoms with Crippen molar-refractivity contribution in [2.45, 2.75) is 36.2 Å². The Morgan fingerprint density at radius 2 is 1.70 bits per heavy atom. The molecule has 3 nitrogen and oxygen atoms in total. The number of nitrogens with zero attached hydrogens (tertiary/aromatic N) is 2. The maximum Gasteiger partial charge on any atom is 0.416 e. The van der Waals surface area contributed by atoms with E-state index in [0.717, 1.165) is 36.1 Å². The SMILES string of the molecule is O=C(N1CCCC1)N1Cc2ccccc2CSc2ccc(C(F)(F)F)cc21. The summed E-state index contributed by atoms with van der Waals surface area (Å²) >= 11 is 1.47. The molecule has 0 radical (unpaired) electrons. The van der Waals surface area contributed by atoms with Crippen LogP contribution in [0.15, 0.2) is 47.4 Å². The first-order chi connectivity index (χ1) is 12.9. The van der Waals surface area contributed by atoms with E-state index < -0.39 is 11.7 Å². The summed E-state index contributed by atoms with van der Waals surface area (Å²) < 4.78 is 39.9. The molecule has 1 fully saturated rings. The summed E-state index contributed by atoms with van der Waals surface area (Å²) in [4.78, 5) is 17.1. The third-order valence-electron chi connectivity index (χ3n) is 5.01. The Labute approximate surface area is 160 Å². The second-order valence-electron chi connectivity index (χ2n) is 6.80. The molecule has 0 N–H and O–H groups in total. The van der Waals surface area contributed by atoms with Gasteiger partial charge in [-0.05, 0) is 42.2 Å². The molecular weight excluding hydrogens is 373 g/mol. The van der Waals surface area contributed by atoms with Crippen molar-refractivity contribution in [3.63, 3.8) is 0 Å². The molecule has 0 saturated carbocycles. The molecule has 4 rings (SSSR count). The molecule has 2 heterocycles. The second kappa shape index (κ2) is 7.11. The van der Waals surface area contributed by atoms with Gasteiger partial charge in [-0.2, -0.15) is 13.2 Å². The fraction of sp³-hybridized carbons (Fsp3) is 0.350. The van der Waals surface area contributed by atoms with Gasteiger partial charge in [0.2, 0.25) is 0 Å². The summed E-state index contributed by atoms with van der Waals surface area (Å²) in [5, 5.41) is 0. The van der Waals surface area contributed by atoms with Gasteiger partial charge in [-0.15, -0.1) is 11.8 Å². The van der Waals surface area contributed by atoms with E-state index in [1.165, 1.54) is 22.7 Å². The molecule has 2 aliphatic heterocycles. The van der Waals surface area contributed by atoms with Crippen molar-refractivity contribution in [2.24, 2.45) is 0 Å². The zero-order valence-electron chi connectivity index (χ0n) is 14.6. The highest BCUT2D eigenvalue weighted by molar-refractivity contribution is 7.98. The first-order valence-corrected chi connectivity index (χ1v) is 9.89. The molecular formula is C20H19F3N2OS. The summed E-state index contributed by atoms with van der Waals surface area (Å²) in [5.41, 5.74) is 1.70. The molecule has 0 bridgehead atoms. The normalized spacial score (nSPS) is 17.1. The Kier molecular flexibility index (Phi) is 4.80. The van der Waals surface area contributed by atoms with Crippen LogP contribution in [0.1, 0.15) is 29.5 Å². The molecule has 2 amide bonds. The highest BCUT2D eigenvalue weighted by atomic mass is 32.2. The minimum atomic E-state index is -4.44. The van der Waals surface area contributed by atoms with Gasteiger partial charge in [-0.25, -0.2) is 4.79 Å². The van der Waals surface area contributed by atoms with Crippen molar-refractivity contribution in [3.8, 4) is 0 Å². The molecule has 0 unspecified atom stereocenters. The van der Waals surface area contributed by atoms with Crippen LogP contribution in [-0.4, -0.2) is 24.0 Å². The fourth-order valence-corrected chi connectivity index (χ4v) is 4.61. The van der Waals surface area contributed by atoms with E-state index >= 15 is 0 Å². The Balaban J connectivity index is 1.80. The van der Waals surface area contributed by atoms with E-state index in [9.17, 15) is 18.0 Å². The van der Waals surface area contributed by atoms with Crippen LogP contribution in [0.3, 0.4) is 0 Å².